The molecular formula is C12H11N3O3. The lowest BCUT2D eigenvalue weighted by Crippen LogP contribution is -2.57. The number of nitrogens with zero attached hydrogens (tertiary/aromatic N) is 3. The summed E-state index contributed by atoms with van der Waals surface area (Å²) in [5.41, 5.74) is 8.93. The summed E-state index contributed by atoms with van der Waals surface area (Å²) >= 11 is 0. The zero-order valence-electron chi connectivity index (χ0n) is 9.74. The molecule has 0 spiro atoms. The van der Waals surface area contributed by atoms with Gasteiger partial charge >= 0.3 is 6.21 Å². The summed E-state index contributed by atoms with van der Waals surface area (Å²) in [7, 11) is 1.53. The molecule has 6 heteroatoms. The zero-order valence-corrected chi connectivity index (χ0v) is 9.74. The Morgan fingerprint density at radius 2 is 2.39 bits per heavy atom. The summed E-state index contributed by atoms with van der Waals surface area (Å²) in [6.45, 7) is 0. The molecule has 1 atom stereocenters. The zero-order chi connectivity index (χ0) is 13.1. The van der Waals surface area contributed by atoms with Crippen LogP contribution in [0, 0.1) is 0 Å². The molecule has 1 aliphatic heterocycles. The minimum Gasteiger partial charge on any atom is -0.497 e. The quantitative estimate of drug-likeness (QED) is 0.338. The third kappa shape index (κ3) is 2.01. The maximum absolute atomic E-state index is 11.6. The molecule has 0 aromatic heterocycles. The van der Waals surface area contributed by atoms with Crippen molar-refractivity contribution in [3.63, 3.8) is 0 Å². The molecule has 1 heterocycles. The second-order valence-electron chi connectivity index (χ2n) is 3.83. The van der Waals surface area contributed by atoms with E-state index in [-0.39, 0.29) is 12.3 Å². The molecule has 1 aromatic carbocycles. The van der Waals surface area contributed by atoms with Crippen molar-refractivity contribution in [2.24, 2.45) is 0 Å². The van der Waals surface area contributed by atoms with E-state index in [1.165, 1.54) is 12.0 Å². The number of rotatable bonds is 4. The summed E-state index contributed by atoms with van der Waals surface area (Å²) in [6.07, 6.45) is 0.937. The Morgan fingerprint density at radius 1 is 1.61 bits per heavy atom. The fourth-order valence-electron chi connectivity index (χ4n) is 1.87. The molecule has 2 rings (SSSR count). The van der Waals surface area contributed by atoms with Gasteiger partial charge in [-0.2, -0.15) is 4.79 Å². The number of carbonyl (C=O) groups excluding carboxylic acids is 2. The Morgan fingerprint density at radius 3 is 3.00 bits per heavy atom. The fourth-order valence-corrected chi connectivity index (χ4v) is 1.87. The van der Waals surface area contributed by atoms with Gasteiger partial charge in [-0.15, -0.1) is 0 Å². The standard InChI is InChI=1S/C12H11N3O3/c1-18-9-4-2-3-8(5-9)15-10(6-12(15)17)11(16)7-14-13/h2-5,7,10H,6H2,1H3. The number of hydrogen-bond donors (Lipinski definition) is 0. The van der Waals surface area contributed by atoms with Crippen LogP contribution in [0.5, 0.6) is 5.75 Å². The molecule has 92 valence electrons. The summed E-state index contributed by atoms with van der Waals surface area (Å²) in [6, 6.07) is 6.28. The molecule has 1 amide bonds. The highest BCUT2D eigenvalue weighted by Crippen LogP contribution is 2.30. The first-order valence-electron chi connectivity index (χ1n) is 5.34. The SMILES string of the molecule is COc1cccc(N2C(=O)CC2C(=O)C=[N+]=[N-])c1. The second-order valence-corrected chi connectivity index (χ2v) is 3.83. The molecular weight excluding hydrogens is 234 g/mol. The van der Waals surface area contributed by atoms with Gasteiger partial charge in [-0.25, -0.2) is 0 Å². The Kier molecular flexibility index (Phi) is 3.21. The number of benzene rings is 1. The van der Waals surface area contributed by atoms with Crippen molar-refractivity contribution in [2.75, 3.05) is 12.0 Å². The van der Waals surface area contributed by atoms with E-state index in [1.807, 2.05) is 0 Å². The Balaban J connectivity index is 2.27. The lowest BCUT2D eigenvalue weighted by Gasteiger charge is -2.37. The lowest BCUT2D eigenvalue weighted by molar-refractivity contribution is -0.130. The number of ether oxygens (including phenoxy) is 1. The molecule has 1 aromatic rings. The molecule has 0 bridgehead atoms. The third-order valence-corrected chi connectivity index (χ3v) is 2.79. The minimum absolute atomic E-state index is 0.127. The molecule has 0 radical (unpaired) electrons. The number of methoxy groups -OCH3 is 1. The molecule has 0 N–H and O–H groups in total. The first kappa shape index (κ1) is 12.0. The third-order valence-electron chi connectivity index (χ3n) is 2.79. The number of carbonyl (C=O) groups is 2. The number of ketones is 1. The molecule has 1 unspecified atom stereocenters. The van der Waals surface area contributed by atoms with Crippen LogP contribution in [0.3, 0.4) is 0 Å². The van der Waals surface area contributed by atoms with Crippen molar-refractivity contribution in [1.29, 1.82) is 0 Å². The van der Waals surface area contributed by atoms with Crippen molar-refractivity contribution in [1.82, 2.24) is 0 Å². The van der Waals surface area contributed by atoms with Gasteiger partial charge in [-0.1, -0.05) is 6.07 Å². The Labute approximate surface area is 103 Å². The van der Waals surface area contributed by atoms with Gasteiger partial charge in [0.25, 0.3) is 5.78 Å². The van der Waals surface area contributed by atoms with E-state index in [4.69, 9.17) is 10.3 Å². The van der Waals surface area contributed by atoms with Crippen molar-refractivity contribution in [2.45, 2.75) is 12.5 Å². The van der Waals surface area contributed by atoms with Crippen LogP contribution in [0.4, 0.5) is 5.69 Å². The highest BCUT2D eigenvalue weighted by atomic mass is 16.5. The van der Waals surface area contributed by atoms with Crippen LogP contribution < -0.4 is 9.64 Å². The maximum atomic E-state index is 11.6. The van der Waals surface area contributed by atoms with Crippen molar-refractivity contribution >= 4 is 23.6 Å². The Bertz CT molecular complexity index is 549. The van der Waals surface area contributed by atoms with Gasteiger partial charge in [0, 0.05) is 11.8 Å². The maximum Gasteiger partial charge on any atom is 0.325 e. The smallest absolute Gasteiger partial charge is 0.325 e. The first-order valence-corrected chi connectivity index (χ1v) is 5.34. The number of hydrogen-bond acceptors (Lipinski definition) is 3. The summed E-state index contributed by atoms with van der Waals surface area (Å²) < 4.78 is 5.06. The van der Waals surface area contributed by atoms with E-state index in [0.29, 0.717) is 11.4 Å². The topological polar surface area (TPSA) is 83.0 Å². The molecule has 0 saturated carbocycles. The molecule has 18 heavy (non-hydrogen) atoms. The van der Waals surface area contributed by atoms with Crippen molar-refractivity contribution < 1.29 is 19.1 Å². The van der Waals surface area contributed by atoms with Gasteiger partial charge in [0.1, 0.15) is 11.8 Å². The van der Waals surface area contributed by atoms with Crippen LogP contribution in [0.1, 0.15) is 6.42 Å². The average Bonchev–Trinajstić information content (AvgIpc) is 2.36. The van der Waals surface area contributed by atoms with Crippen LogP contribution in [0.15, 0.2) is 24.3 Å². The second kappa shape index (κ2) is 4.81. The van der Waals surface area contributed by atoms with E-state index in [1.54, 1.807) is 24.3 Å². The van der Waals surface area contributed by atoms with E-state index in [0.717, 1.165) is 6.21 Å². The van der Waals surface area contributed by atoms with Crippen molar-refractivity contribution in [3.05, 3.63) is 29.8 Å². The molecule has 1 saturated heterocycles. The minimum atomic E-state index is -0.597. The molecule has 0 aliphatic carbocycles. The predicted octanol–water partition coefficient (Wildman–Crippen LogP) is 0.670. The highest BCUT2D eigenvalue weighted by molar-refractivity contribution is 6.32. The number of amides is 1. The summed E-state index contributed by atoms with van der Waals surface area (Å²) in [5.74, 6) is 0.0575. The summed E-state index contributed by atoms with van der Waals surface area (Å²) in [4.78, 5) is 27.2. The van der Waals surface area contributed by atoms with Crippen LogP contribution >= 0.6 is 0 Å². The van der Waals surface area contributed by atoms with Gasteiger partial charge in [-0.05, 0) is 12.1 Å². The highest BCUT2D eigenvalue weighted by Gasteiger charge is 2.42. The molecule has 6 nitrogen and oxygen atoms in total. The van der Waals surface area contributed by atoms with E-state index < -0.39 is 11.8 Å². The predicted molar refractivity (Wildman–Crippen MR) is 63.6 cm³/mol. The van der Waals surface area contributed by atoms with Crippen LogP contribution in [0.2, 0.25) is 0 Å². The first-order chi connectivity index (χ1) is 8.67. The largest absolute Gasteiger partial charge is 0.497 e. The van der Waals surface area contributed by atoms with Crippen LogP contribution in [-0.4, -0.2) is 35.8 Å². The van der Waals surface area contributed by atoms with E-state index in [9.17, 15) is 9.59 Å². The number of anilines is 1. The van der Waals surface area contributed by atoms with Gasteiger partial charge in [0.2, 0.25) is 5.91 Å². The van der Waals surface area contributed by atoms with Gasteiger partial charge in [0.15, 0.2) is 0 Å². The van der Waals surface area contributed by atoms with E-state index >= 15 is 0 Å². The van der Waals surface area contributed by atoms with Crippen molar-refractivity contribution in [3.8, 4) is 5.75 Å². The number of β-lactam (4-membered cyclic amide) rings is 1. The monoisotopic (exact) mass is 245 g/mol. The molecule has 1 fully saturated rings. The van der Waals surface area contributed by atoms with E-state index in [2.05, 4.69) is 4.79 Å². The lowest BCUT2D eigenvalue weighted by atomic mass is 9.97. The van der Waals surface area contributed by atoms with Gasteiger partial charge < -0.3 is 15.2 Å². The van der Waals surface area contributed by atoms with Crippen LogP contribution in [-0.2, 0) is 9.59 Å². The summed E-state index contributed by atoms with van der Waals surface area (Å²) in [5, 5.41) is 0. The molecule has 1 aliphatic rings. The van der Waals surface area contributed by atoms with Gasteiger partial charge in [-0.3, -0.25) is 9.59 Å². The Hall–Kier alpha value is -2.46. The fraction of sp³-hybridized carbons (Fsp3) is 0.250. The van der Waals surface area contributed by atoms with Gasteiger partial charge in [0.05, 0.1) is 13.5 Å². The average molecular weight is 245 g/mol. The normalized spacial score (nSPS) is 17.7. The van der Waals surface area contributed by atoms with Crippen LogP contribution in [0.25, 0.3) is 5.53 Å². The number of Topliss-reactive ketones (excluding diaryl/α,β-unsaturated/α-hetero) is 1.